The van der Waals surface area contributed by atoms with Crippen LogP contribution in [0.1, 0.15) is 54.6 Å². The summed E-state index contributed by atoms with van der Waals surface area (Å²) < 4.78 is 0. The largest absolute Gasteiger partial charge is 0.394 e. The van der Waals surface area contributed by atoms with Gasteiger partial charge in [-0.15, -0.1) is 0 Å². The molecule has 1 aromatic rings. The molecule has 146 valence electrons. The van der Waals surface area contributed by atoms with E-state index in [9.17, 15) is 9.90 Å². The molecule has 1 aliphatic heterocycles. The number of aryl methyl sites for hydroxylation is 2. The molecule has 3 atom stereocenters. The van der Waals surface area contributed by atoms with Crippen molar-refractivity contribution in [2.24, 2.45) is 11.8 Å². The van der Waals surface area contributed by atoms with Crippen LogP contribution in [0.4, 0.5) is 0 Å². The van der Waals surface area contributed by atoms with Gasteiger partial charge in [0.05, 0.1) is 12.6 Å². The van der Waals surface area contributed by atoms with Crippen molar-refractivity contribution in [3.63, 3.8) is 0 Å². The van der Waals surface area contributed by atoms with Gasteiger partial charge in [0.15, 0.2) is 0 Å². The predicted molar refractivity (Wildman–Crippen MR) is 108 cm³/mol. The van der Waals surface area contributed by atoms with Crippen molar-refractivity contribution >= 4 is 5.91 Å². The summed E-state index contributed by atoms with van der Waals surface area (Å²) >= 11 is 0. The van der Waals surface area contributed by atoms with Gasteiger partial charge < -0.3 is 14.9 Å². The lowest BCUT2D eigenvalue weighted by molar-refractivity contribution is 0.0622. The molecule has 0 bridgehead atoms. The number of benzene rings is 1. The van der Waals surface area contributed by atoms with Gasteiger partial charge in [-0.25, -0.2) is 0 Å². The summed E-state index contributed by atoms with van der Waals surface area (Å²) in [6.07, 6.45) is 3.42. The molecule has 0 unspecified atom stereocenters. The van der Waals surface area contributed by atoms with E-state index in [2.05, 4.69) is 31.9 Å². The Hall–Kier alpha value is -1.39. The topological polar surface area (TPSA) is 43.8 Å². The van der Waals surface area contributed by atoms with Crippen molar-refractivity contribution in [1.29, 1.82) is 0 Å². The number of aliphatic hydroxyl groups excluding tert-OH is 1. The average molecular weight is 361 g/mol. The van der Waals surface area contributed by atoms with E-state index in [0.29, 0.717) is 11.8 Å². The summed E-state index contributed by atoms with van der Waals surface area (Å²) in [6, 6.07) is 5.93. The van der Waals surface area contributed by atoms with Crippen molar-refractivity contribution < 1.29 is 9.90 Å². The summed E-state index contributed by atoms with van der Waals surface area (Å²) in [7, 11) is 2.16. The lowest BCUT2D eigenvalue weighted by atomic mass is 9.88. The molecule has 0 spiro atoms. The highest BCUT2D eigenvalue weighted by molar-refractivity contribution is 5.95. The van der Waals surface area contributed by atoms with Crippen molar-refractivity contribution in [2.45, 2.75) is 53.0 Å². The number of hydrogen-bond donors (Lipinski definition) is 1. The van der Waals surface area contributed by atoms with E-state index in [1.807, 2.05) is 30.9 Å². The molecule has 0 radical (unpaired) electrons. The number of rotatable bonds is 8. The number of carbonyl (C=O) groups excluding carboxylic acids is 1. The Balaban J connectivity index is 2.19. The van der Waals surface area contributed by atoms with Crippen LogP contribution < -0.4 is 0 Å². The fourth-order valence-electron chi connectivity index (χ4n) is 4.38. The third-order valence-electron chi connectivity index (χ3n) is 5.79. The maximum absolute atomic E-state index is 13.2. The van der Waals surface area contributed by atoms with Gasteiger partial charge in [0.2, 0.25) is 0 Å². The fourth-order valence-corrected chi connectivity index (χ4v) is 4.38. The molecule has 1 aromatic carbocycles. The van der Waals surface area contributed by atoms with Gasteiger partial charge >= 0.3 is 0 Å². The monoisotopic (exact) mass is 360 g/mol. The molecule has 0 aromatic heterocycles. The Kier molecular flexibility index (Phi) is 7.66. The summed E-state index contributed by atoms with van der Waals surface area (Å²) in [5.41, 5.74) is 2.96. The smallest absolute Gasteiger partial charge is 0.254 e. The van der Waals surface area contributed by atoms with E-state index >= 15 is 0 Å². The molecule has 1 fully saturated rings. The summed E-state index contributed by atoms with van der Waals surface area (Å²) in [5, 5.41) is 10.1. The Labute approximate surface area is 159 Å². The molecule has 4 heteroatoms. The van der Waals surface area contributed by atoms with Gasteiger partial charge in [-0.3, -0.25) is 4.79 Å². The molecule has 0 saturated carbocycles. The number of unbranched alkanes of at least 4 members (excludes halogenated alkanes) is 1. The van der Waals surface area contributed by atoms with E-state index < -0.39 is 0 Å². The van der Waals surface area contributed by atoms with Crippen molar-refractivity contribution in [2.75, 3.05) is 33.3 Å². The number of hydrogen-bond acceptors (Lipinski definition) is 3. The third-order valence-corrected chi connectivity index (χ3v) is 5.79. The Bertz CT molecular complexity index is 582. The van der Waals surface area contributed by atoms with Crippen LogP contribution in [-0.4, -0.2) is 60.1 Å². The molecular formula is C22H36N2O2. The molecule has 1 saturated heterocycles. The lowest BCUT2D eigenvalue weighted by Crippen LogP contribution is -2.43. The van der Waals surface area contributed by atoms with Gasteiger partial charge in [-0.1, -0.05) is 43.9 Å². The molecular weight excluding hydrogens is 324 g/mol. The normalized spacial score (nSPS) is 23.0. The molecule has 2 rings (SSSR count). The first-order valence-corrected chi connectivity index (χ1v) is 10.1. The highest BCUT2D eigenvalue weighted by atomic mass is 16.3. The predicted octanol–water partition coefficient (Wildman–Crippen LogP) is 3.49. The molecule has 1 amide bonds. The highest BCUT2D eigenvalue weighted by Crippen LogP contribution is 2.34. The zero-order chi connectivity index (χ0) is 19.3. The standard InChI is InChI=1S/C22H36N2O2/c1-6-8-9-23(5)14-20-18(7-2)13-24(21(20)15-25)22(26)19-11-16(3)10-17(4)12-19/h10-12,18,20-21,25H,6-9,13-15H2,1-5H3/t18-,20-,21-/m1/s1. The van der Waals surface area contributed by atoms with Gasteiger partial charge in [0.1, 0.15) is 0 Å². The van der Waals surface area contributed by atoms with Crippen LogP contribution in [0.2, 0.25) is 0 Å². The second kappa shape index (κ2) is 9.52. The maximum Gasteiger partial charge on any atom is 0.254 e. The van der Waals surface area contributed by atoms with Crippen LogP contribution in [0, 0.1) is 25.7 Å². The molecule has 26 heavy (non-hydrogen) atoms. The third kappa shape index (κ3) is 4.86. The van der Waals surface area contributed by atoms with E-state index in [-0.39, 0.29) is 18.6 Å². The van der Waals surface area contributed by atoms with Crippen molar-refractivity contribution in [1.82, 2.24) is 9.80 Å². The van der Waals surface area contributed by atoms with Crippen LogP contribution in [0.15, 0.2) is 18.2 Å². The molecule has 1 N–H and O–H groups in total. The summed E-state index contributed by atoms with van der Waals surface area (Å²) in [6.45, 7) is 11.3. The molecule has 1 aliphatic rings. The lowest BCUT2D eigenvalue weighted by Gasteiger charge is -2.30. The quantitative estimate of drug-likeness (QED) is 0.772. The second-order valence-electron chi connectivity index (χ2n) is 8.03. The van der Waals surface area contributed by atoms with Crippen LogP contribution in [0.25, 0.3) is 0 Å². The minimum absolute atomic E-state index is 0.0410. The van der Waals surface area contributed by atoms with Crippen LogP contribution in [0.5, 0.6) is 0 Å². The average Bonchev–Trinajstić information content (AvgIpc) is 2.95. The number of amides is 1. The van der Waals surface area contributed by atoms with Crippen LogP contribution >= 0.6 is 0 Å². The van der Waals surface area contributed by atoms with Crippen molar-refractivity contribution in [3.05, 3.63) is 34.9 Å². The zero-order valence-corrected chi connectivity index (χ0v) is 17.2. The first-order chi connectivity index (χ1) is 12.4. The summed E-state index contributed by atoms with van der Waals surface area (Å²) in [5.74, 6) is 0.848. The number of likely N-dealkylation sites (tertiary alicyclic amines) is 1. The van der Waals surface area contributed by atoms with Gasteiger partial charge in [0, 0.05) is 18.7 Å². The van der Waals surface area contributed by atoms with Crippen LogP contribution in [-0.2, 0) is 0 Å². The summed E-state index contributed by atoms with van der Waals surface area (Å²) in [4.78, 5) is 17.5. The molecule has 0 aliphatic carbocycles. The van der Waals surface area contributed by atoms with E-state index in [1.165, 1.54) is 12.8 Å². The maximum atomic E-state index is 13.2. The van der Waals surface area contributed by atoms with E-state index in [1.54, 1.807) is 0 Å². The number of carbonyl (C=O) groups is 1. The minimum atomic E-state index is -0.0858. The molecule has 1 heterocycles. The van der Waals surface area contributed by atoms with Gasteiger partial charge in [-0.2, -0.15) is 0 Å². The molecule has 4 nitrogen and oxygen atoms in total. The zero-order valence-electron chi connectivity index (χ0n) is 17.2. The Morgan fingerprint density at radius 1 is 1.23 bits per heavy atom. The van der Waals surface area contributed by atoms with Crippen LogP contribution in [0.3, 0.4) is 0 Å². The van der Waals surface area contributed by atoms with E-state index in [4.69, 9.17) is 0 Å². The number of aliphatic hydroxyl groups is 1. The Morgan fingerprint density at radius 2 is 1.88 bits per heavy atom. The first-order valence-electron chi connectivity index (χ1n) is 10.1. The minimum Gasteiger partial charge on any atom is -0.394 e. The van der Waals surface area contributed by atoms with E-state index in [0.717, 1.165) is 42.7 Å². The number of nitrogens with zero attached hydrogens (tertiary/aromatic N) is 2. The highest BCUT2D eigenvalue weighted by Gasteiger charge is 2.43. The van der Waals surface area contributed by atoms with Crippen molar-refractivity contribution in [3.8, 4) is 0 Å². The fraction of sp³-hybridized carbons (Fsp3) is 0.682. The second-order valence-corrected chi connectivity index (χ2v) is 8.03. The first kappa shape index (κ1) is 20.9. The van der Waals surface area contributed by atoms with Gasteiger partial charge in [0.25, 0.3) is 5.91 Å². The SMILES string of the molecule is CCCCN(C)C[C@@H]1[C@H](CC)CN(C(=O)c2cc(C)cc(C)c2)[C@@H]1CO. The Morgan fingerprint density at radius 3 is 2.42 bits per heavy atom. The van der Waals surface area contributed by atoms with Gasteiger partial charge in [-0.05, 0) is 57.8 Å².